The quantitative estimate of drug-likeness (QED) is 0.748. The zero-order valence-electron chi connectivity index (χ0n) is 14.3. The average molecular weight is 320 g/mol. The lowest BCUT2D eigenvalue weighted by Crippen LogP contribution is -2.31. The molecule has 1 aromatic carbocycles. The standard InChI is InChI=1S/C18H28N2O3/c1-22-16-12-15(13-17(14-16)23-2)18(21)19-8-4-7-11-20-9-5-3-6-10-20/h12-14H,3-11H2,1-2H3,(H,19,21). The zero-order valence-corrected chi connectivity index (χ0v) is 14.3. The highest BCUT2D eigenvalue weighted by molar-refractivity contribution is 5.95. The molecule has 23 heavy (non-hydrogen) atoms. The summed E-state index contributed by atoms with van der Waals surface area (Å²) in [4.78, 5) is 14.7. The molecule has 0 aromatic heterocycles. The average Bonchev–Trinajstić information content (AvgIpc) is 2.61. The van der Waals surface area contributed by atoms with E-state index >= 15 is 0 Å². The zero-order chi connectivity index (χ0) is 16.5. The summed E-state index contributed by atoms with van der Waals surface area (Å²) in [5.74, 6) is 1.17. The Hall–Kier alpha value is -1.75. The predicted molar refractivity (Wildman–Crippen MR) is 91.4 cm³/mol. The van der Waals surface area contributed by atoms with E-state index in [1.165, 1.54) is 32.4 Å². The van der Waals surface area contributed by atoms with E-state index in [1.54, 1.807) is 32.4 Å². The summed E-state index contributed by atoms with van der Waals surface area (Å²) in [5.41, 5.74) is 0.567. The molecular weight excluding hydrogens is 292 g/mol. The molecule has 0 aliphatic carbocycles. The summed E-state index contributed by atoms with van der Waals surface area (Å²) >= 11 is 0. The van der Waals surface area contributed by atoms with Crippen molar-refractivity contribution < 1.29 is 14.3 Å². The van der Waals surface area contributed by atoms with Crippen LogP contribution in [-0.2, 0) is 0 Å². The van der Waals surface area contributed by atoms with Gasteiger partial charge in [0, 0.05) is 18.2 Å². The number of ether oxygens (including phenoxy) is 2. The Kier molecular flexibility index (Phi) is 7.20. The second-order valence-electron chi connectivity index (χ2n) is 5.97. The number of likely N-dealkylation sites (tertiary alicyclic amines) is 1. The molecule has 1 aliphatic heterocycles. The third kappa shape index (κ3) is 5.75. The number of rotatable bonds is 8. The minimum Gasteiger partial charge on any atom is -0.497 e. The van der Waals surface area contributed by atoms with Crippen molar-refractivity contribution in [3.05, 3.63) is 23.8 Å². The van der Waals surface area contributed by atoms with Gasteiger partial charge in [-0.15, -0.1) is 0 Å². The number of hydrogen-bond acceptors (Lipinski definition) is 4. The first-order chi connectivity index (χ1) is 11.2. The van der Waals surface area contributed by atoms with Crippen molar-refractivity contribution in [2.75, 3.05) is 40.4 Å². The van der Waals surface area contributed by atoms with Gasteiger partial charge in [0.2, 0.25) is 0 Å². The van der Waals surface area contributed by atoms with Crippen molar-refractivity contribution in [2.45, 2.75) is 32.1 Å². The molecule has 5 heteroatoms. The smallest absolute Gasteiger partial charge is 0.251 e. The maximum absolute atomic E-state index is 12.2. The summed E-state index contributed by atoms with van der Waals surface area (Å²) in [6, 6.07) is 5.21. The summed E-state index contributed by atoms with van der Waals surface area (Å²) in [6.45, 7) is 4.31. The number of amides is 1. The van der Waals surface area contributed by atoms with E-state index in [9.17, 15) is 4.79 Å². The highest BCUT2D eigenvalue weighted by Gasteiger charge is 2.11. The molecule has 5 nitrogen and oxygen atoms in total. The summed E-state index contributed by atoms with van der Waals surface area (Å²) < 4.78 is 10.4. The normalized spacial score (nSPS) is 15.2. The molecule has 0 saturated carbocycles. The molecule has 0 spiro atoms. The maximum Gasteiger partial charge on any atom is 0.251 e. The van der Waals surface area contributed by atoms with E-state index in [1.807, 2.05) is 0 Å². The van der Waals surface area contributed by atoms with Crippen molar-refractivity contribution in [1.82, 2.24) is 10.2 Å². The van der Waals surface area contributed by atoms with Crippen LogP contribution in [0.1, 0.15) is 42.5 Å². The van der Waals surface area contributed by atoms with E-state index in [0.29, 0.717) is 23.6 Å². The lowest BCUT2D eigenvalue weighted by atomic mass is 10.1. The Morgan fingerprint density at radius 1 is 1.04 bits per heavy atom. The summed E-state index contributed by atoms with van der Waals surface area (Å²) in [5, 5.41) is 2.97. The van der Waals surface area contributed by atoms with Crippen molar-refractivity contribution in [1.29, 1.82) is 0 Å². The van der Waals surface area contributed by atoms with Gasteiger partial charge >= 0.3 is 0 Å². The minimum atomic E-state index is -0.0832. The Labute approximate surface area is 139 Å². The Morgan fingerprint density at radius 2 is 1.70 bits per heavy atom. The molecule has 1 saturated heterocycles. The van der Waals surface area contributed by atoms with Crippen LogP contribution in [0.3, 0.4) is 0 Å². The highest BCUT2D eigenvalue weighted by Crippen LogP contribution is 2.22. The second kappa shape index (κ2) is 9.40. The lowest BCUT2D eigenvalue weighted by Gasteiger charge is -2.26. The van der Waals surface area contributed by atoms with E-state index < -0.39 is 0 Å². The van der Waals surface area contributed by atoms with Gasteiger partial charge in [0.15, 0.2) is 0 Å². The van der Waals surface area contributed by atoms with Crippen LogP contribution >= 0.6 is 0 Å². The largest absolute Gasteiger partial charge is 0.497 e. The molecule has 0 unspecified atom stereocenters. The van der Waals surface area contributed by atoms with Crippen LogP contribution in [-0.4, -0.2) is 51.2 Å². The Morgan fingerprint density at radius 3 is 2.30 bits per heavy atom. The van der Waals surface area contributed by atoms with Gasteiger partial charge in [-0.1, -0.05) is 6.42 Å². The maximum atomic E-state index is 12.2. The fourth-order valence-corrected chi connectivity index (χ4v) is 2.89. The number of unbranched alkanes of at least 4 members (excludes halogenated alkanes) is 1. The fraction of sp³-hybridized carbons (Fsp3) is 0.611. The van der Waals surface area contributed by atoms with Gasteiger partial charge in [-0.05, 0) is 57.5 Å². The molecule has 1 amide bonds. The second-order valence-corrected chi connectivity index (χ2v) is 5.97. The number of nitrogens with zero attached hydrogens (tertiary/aromatic N) is 1. The van der Waals surface area contributed by atoms with Crippen molar-refractivity contribution in [3.63, 3.8) is 0 Å². The van der Waals surface area contributed by atoms with E-state index in [4.69, 9.17) is 9.47 Å². The third-order valence-electron chi connectivity index (χ3n) is 4.25. The van der Waals surface area contributed by atoms with Crippen LogP contribution in [0.15, 0.2) is 18.2 Å². The molecule has 1 aromatic rings. The molecule has 1 fully saturated rings. The Bertz CT molecular complexity index is 477. The third-order valence-corrected chi connectivity index (χ3v) is 4.25. The van der Waals surface area contributed by atoms with Crippen molar-refractivity contribution >= 4 is 5.91 Å². The van der Waals surface area contributed by atoms with Gasteiger partial charge in [-0.25, -0.2) is 0 Å². The van der Waals surface area contributed by atoms with E-state index in [-0.39, 0.29) is 5.91 Å². The molecule has 1 N–H and O–H groups in total. The molecule has 0 bridgehead atoms. The lowest BCUT2D eigenvalue weighted by molar-refractivity contribution is 0.0951. The topological polar surface area (TPSA) is 50.8 Å². The molecular formula is C18H28N2O3. The molecule has 0 atom stereocenters. The van der Waals surface area contributed by atoms with Gasteiger partial charge in [0.25, 0.3) is 5.91 Å². The monoisotopic (exact) mass is 320 g/mol. The van der Waals surface area contributed by atoms with Crippen molar-refractivity contribution in [3.8, 4) is 11.5 Å². The Balaban J connectivity index is 1.71. The highest BCUT2D eigenvalue weighted by atomic mass is 16.5. The SMILES string of the molecule is COc1cc(OC)cc(C(=O)NCCCCN2CCCCC2)c1. The van der Waals surface area contributed by atoms with Crippen LogP contribution in [0.5, 0.6) is 11.5 Å². The van der Waals surface area contributed by atoms with Gasteiger partial charge in [-0.3, -0.25) is 4.79 Å². The van der Waals surface area contributed by atoms with E-state index in [2.05, 4.69) is 10.2 Å². The van der Waals surface area contributed by atoms with E-state index in [0.717, 1.165) is 19.4 Å². The fourth-order valence-electron chi connectivity index (χ4n) is 2.89. The summed E-state index contributed by atoms with van der Waals surface area (Å²) in [7, 11) is 3.16. The molecule has 1 heterocycles. The number of nitrogens with one attached hydrogen (secondary N) is 1. The van der Waals surface area contributed by atoms with Gasteiger partial charge in [0.1, 0.15) is 11.5 Å². The number of carbonyl (C=O) groups excluding carboxylic acids is 1. The van der Waals surface area contributed by atoms with Gasteiger partial charge in [0.05, 0.1) is 14.2 Å². The van der Waals surface area contributed by atoms with Crippen LogP contribution in [0.2, 0.25) is 0 Å². The first-order valence-electron chi connectivity index (χ1n) is 8.46. The number of carbonyl (C=O) groups is 1. The minimum absolute atomic E-state index is 0.0832. The summed E-state index contributed by atoms with van der Waals surface area (Å²) in [6.07, 6.45) is 6.16. The van der Waals surface area contributed by atoms with Crippen LogP contribution in [0.4, 0.5) is 0 Å². The van der Waals surface area contributed by atoms with Crippen LogP contribution in [0, 0.1) is 0 Å². The van der Waals surface area contributed by atoms with Gasteiger partial charge < -0.3 is 19.7 Å². The predicted octanol–water partition coefficient (Wildman–Crippen LogP) is 2.70. The number of methoxy groups -OCH3 is 2. The van der Waals surface area contributed by atoms with Gasteiger partial charge in [-0.2, -0.15) is 0 Å². The van der Waals surface area contributed by atoms with Crippen LogP contribution < -0.4 is 14.8 Å². The van der Waals surface area contributed by atoms with Crippen LogP contribution in [0.25, 0.3) is 0 Å². The molecule has 1 aliphatic rings. The first-order valence-corrected chi connectivity index (χ1v) is 8.46. The molecule has 128 valence electrons. The molecule has 0 radical (unpaired) electrons. The first kappa shape index (κ1) is 17.6. The number of benzene rings is 1. The number of hydrogen-bond donors (Lipinski definition) is 1. The number of piperidine rings is 1. The van der Waals surface area contributed by atoms with Crippen molar-refractivity contribution in [2.24, 2.45) is 0 Å². The molecule has 2 rings (SSSR count).